The zero-order valence-electron chi connectivity index (χ0n) is 12.6. The number of hydrogen-bond acceptors (Lipinski definition) is 4. The summed E-state index contributed by atoms with van der Waals surface area (Å²) >= 11 is 6.20. The molecule has 4 nitrogen and oxygen atoms in total. The Bertz CT molecular complexity index is 467. The van der Waals surface area contributed by atoms with Crippen molar-refractivity contribution in [2.75, 3.05) is 33.1 Å². The van der Waals surface area contributed by atoms with Gasteiger partial charge >= 0.3 is 0 Å². The summed E-state index contributed by atoms with van der Waals surface area (Å²) in [6.45, 7) is 3.36. The highest BCUT2D eigenvalue weighted by molar-refractivity contribution is 6.32. The van der Waals surface area contributed by atoms with Crippen molar-refractivity contribution in [1.29, 1.82) is 0 Å². The molecule has 0 amide bonds. The van der Waals surface area contributed by atoms with Crippen LogP contribution in [0.5, 0.6) is 11.5 Å². The molecule has 0 radical (unpaired) electrons. The Kier molecular flexibility index (Phi) is 5.00. The van der Waals surface area contributed by atoms with Crippen molar-refractivity contribution in [3.05, 3.63) is 17.2 Å². The largest absolute Gasteiger partial charge is 0.495 e. The topological polar surface area (TPSA) is 33.7 Å². The van der Waals surface area contributed by atoms with Gasteiger partial charge in [0, 0.05) is 24.7 Å². The maximum Gasteiger partial charge on any atom is 0.145 e. The second-order valence-electron chi connectivity index (χ2n) is 5.38. The summed E-state index contributed by atoms with van der Waals surface area (Å²) in [5.74, 6) is 1.39. The molecule has 1 saturated heterocycles. The summed E-state index contributed by atoms with van der Waals surface area (Å²) in [4.78, 5) is 2.39. The van der Waals surface area contributed by atoms with E-state index < -0.39 is 0 Å². The van der Waals surface area contributed by atoms with E-state index in [0.717, 1.165) is 30.8 Å². The van der Waals surface area contributed by atoms with Gasteiger partial charge in [0.05, 0.1) is 24.9 Å². The van der Waals surface area contributed by atoms with Crippen molar-refractivity contribution < 1.29 is 9.47 Å². The van der Waals surface area contributed by atoms with Crippen molar-refractivity contribution in [2.24, 2.45) is 0 Å². The minimum absolute atomic E-state index is 0.444. The molecular formula is C15H23ClN2O2. The van der Waals surface area contributed by atoms with E-state index in [1.165, 1.54) is 0 Å². The van der Waals surface area contributed by atoms with E-state index in [0.29, 0.717) is 22.9 Å². The van der Waals surface area contributed by atoms with Crippen LogP contribution in [-0.4, -0.2) is 44.8 Å². The van der Waals surface area contributed by atoms with Gasteiger partial charge < -0.3 is 19.7 Å². The number of anilines is 1. The Morgan fingerprint density at radius 2 is 1.95 bits per heavy atom. The number of methoxy groups -OCH3 is 2. The summed E-state index contributed by atoms with van der Waals surface area (Å²) in [6, 6.07) is 4.73. The first-order chi connectivity index (χ1) is 9.55. The lowest BCUT2D eigenvalue weighted by molar-refractivity contribution is 0.190. The highest BCUT2D eigenvalue weighted by atomic mass is 35.5. The first kappa shape index (κ1) is 15.3. The average molecular weight is 299 g/mol. The quantitative estimate of drug-likeness (QED) is 0.925. The molecule has 112 valence electrons. The molecule has 1 aliphatic heterocycles. The molecule has 2 unspecified atom stereocenters. The number of hydrogen-bond donors (Lipinski definition) is 1. The van der Waals surface area contributed by atoms with Crippen LogP contribution in [0, 0.1) is 0 Å². The fourth-order valence-corrected chi connectivity index (χ4v) is 2.85. The molecule has 2 atom stereocenters. The summed E-state index contributed by atoms with van der Waals surface area (Å²) in [5, 5.41) is 4.15. The Morgan fingerprint density at radius 3 is 2.55 bits per heavy atom. The molecule has 2 rings (SSSR count). The number of halogens is 1. The first-order valence-electron chi connectivity index (χ1n) is 6.93. The first-order valence-corrected chi connectivity index (χ1v) is 7.31. The fraction of sp³-hybridized carbons (Fsp3) is 0.600. The lowest BCUT2D eigenvalue weighted by Crippen LogP contribution is -2.42. The maximum absolute atomic E-state index is 6.20. The van der Waals surface area contributed by atoms with E-state index in [2.05, 4.69) is 24.2 Å². The maximum atomic E-state index is 6.20. The highest BCUT2D eigenvalue weighted by Crippen LogP contribution is 2.37. The van der Waals surface area contributed by atoms with E-state index in [9.17, 15) is 0 Å². The zero-order valence-corrected chi connectivity index (χ0v) is 13.3. The zero-order chi connectivity index (χ0) is 14.7. The molecule has 1 heterocycles. The normalized spacial score (nSPS) is 23.4. The van der Waals surface area contributed by atoms with Crippen LogP contribution in [-0.2, 0) is 0 Å². The monoisotopic (exact) mass is 298 g/mol. The number of benzene rings is 1. The molecule has 0 spiro atoms. The van der Waals surface area contributed by atoms with E-state index in [1.807, 2.05) is 12.1 Å². The van der Waals surface area contributed by atoms with E-state index in [-0.39, 0.29) is 0 Å². The molecular weight excluding hydrogens is 276 g/mol. The molecule has 0 aromatic heterocycles. The summed E-state index contributed by atoms with van der Waals surface area (Å²) in [6.07, 6.45) is 2.23. The van der Waals surface area contributed by atoms with Gasteiger partial charge in [-0.3, -0.25) is 0 Å². The van der Waals surface area contributed by atoms with Crippen molar-refractivity contribution in [3.63, 3.8) is 0 Å². The smallest absolute Gasteiger partial charge is 0.145 e. The van der Waals surface area contributed by atoms with Crippen LogP contribution in [0.25, 0.3) is 0 Å². The van der Waals surface area contributed by atoms with Crippen LogP contribution < -0.4 is 14.8 Å². The van der Waals surface area contributed by atoms with Gasteiger partial charge in [-0.2, -0.15) is 0 Å². The Balaban J connectivity index is 2.14. The Morgan fingerprint density at radius 1 is 1.25 bits per heavy atom. The highest BCUT2D eigenvalue weighted by Gasteiger charge is 2.23. The molecule has 1 fully saturated rings. The second kappa shape index (κ2) is 6.55. The lowest BCUT2D eigenvalue weighted by Gasteiger charge is -2.36. The molecule has 1 N–H and O–H groups in total. The summed E-state index contributed by atoms with van der Waals surface area (Å²) < 4.78 is 10.6. The van der Waals surface area contributed by atoms with Crippen LogP contribution in [0.1, 0.15) is 19.8 Å². The summed E-state index contributed by atoms with van der Waals surface area (Å²) in [7, 11) is 5.43. The molecule has 1 aromatic rings. The van der Waals surface area contributed by atoms with E-state index in [4.69, 9.17) is 21.1 Å². The van der Waals surface area contributed by atoms with Gasteiger partial charge in [0.2, 0.25) is 0 Å². The molecule has 0 aliphatic carbocycles. The van der Waals surface area contributed by atoms with Gasteiger partial charge in [0.1, 0.15) is 11.5 Å². The minimum atomic E-state index is 0.444. The second-order valence-corrected chi connectivity index (χ2v) is 5.79. The molecule has 1 aromatic carbocycles. The van der Waals surface area contributed by atoms with Crippen molar-refractivity contribution in [2.45, 2.75) is 31.8 Å². The Labute approximate surface area is 126 Å². The average Bonchev–Trinajstić information content (AvgIpc) is 2.43. The van der Waals surface area contributed by atoms with E-state index in [1.54, 1.807) is 14.2 Å². The van der Waals surface area contributed by atoms with E-state index >= 15 is 0 Å². The predicted molar refractivity (Wildman–Crippen MR) is 83.3 cm³/mol. The van der Waals surface area contributed by atoms with Crippen LogP contribution in [0.2, 0.25) is 5.02 Å². The van der Waals surface area contributed by atoms with Crippen molar-refractivity contribution in [3.8, 4) is 11.5 Å². The minimum Gasteiger partial charge on any atom is -0.495 e. The lowest BCUT2D eigenvalue weighted by atomic mass is 9.98. The molecule has 0 bridgehead atoms. The van der Waals surface area contributed by atoms with Crippen molar-refractivity contribution in [1.82, 2.24) is 4.90 Å². The van der Waals surface area contributed by atoms with Gasteiger partial charge in [-0.15, -0.1) is 0 Å². The van der Waals surface area contributed by atoms with Gasteiger partial charge in [-0.05, 0) is 32.9 Å². The summed E-state index contributed by atoms with van der Waals surface area (Å²) in [5.41, 5.74) is 0.931. The number of nitrogens with zero attached hydrogens (tertiary/aromatic N) is 1. The third-order valence-corrected chi connectivity index (χ3v) is 4.34. The molecule has 5 heteroatoms. The number of ether oxygens (including phenoxy) is 2. The van der Waals surface area contributed by atoms with Crippen LogP contribution in [0.3, 0.4) is 0 Å². The standard InChI is InChI=1S/C15H23ClN2O2/c1-10-7-11(5-6-18(10)2)17-13-8-12(16)14(19-3)9-15(13)20-4/h8-11,17H,5-7H2,1-4H3. The van der Waals surface area contributed by atoms with Crippen LogP contribution in [0.15, 0.2) is 12.1 Å². The van der Waals surface area contributed by atoms with Crippen molar-refractivity contribution >= 4 is 17.3 Å². The number of likely N-dealkylation sites (tertiary alicyclic amines) is 1. The third kappa shape index (κ3) is 3.30. The number of piperidine rings is 1. The number of nitrogens with one attached hydrogen (secondary N) is 1. The van der Waals surface area contributed by atoms with Gasteiger partial charge in [-0.1, -0.05) is 11.6 Å². The molecule has 20 heavy (non-hydrogen) atoms. The fourth-order valence-electron chi connectivity index (χ4n) is 2.61. The Hall–Kier alpha value is -1.13. The van der Waals surface area contributed by atoms with Crippen LogP contribution in [0.4, 0.5) is 5.69 Å². The molecule has 0 saturated carbocycles. The SMILES string of the molecule is COc1cc(OC)c(NC2CCN(C)C(C)C2)cc1Cl. The van der Waals surface area contributed by atoms with Gasteiger partial charge in [0.15, 0.2) is 0 Å². The number of rotatable bonds is 4. The van der Waals surface area contributed by atoms with Crippen LogP contribution >= 0.6 is 11.6 Å². The molecule has 1 aliphatic rings. The van der Waals surface area contributed by atoms with Gasteiger partial charge in [-0.25, -0.2) is 0 Å². The predicted octanol–water partition coefficient (Wildman–Crippen LogP) is 3.25. The third-order valence-electron chi connectivity index (χ3n) is 4.04. The van der Waals surface area contributed by atoms with Gasteiger partial charge in [0.25, 0.3) is 0 Å².